The van der Waals surface area contributed by atoms with Gasteiger partial charge in [0.2, 0.25) is 0 Å². The van der Waals surface area contributed by atoms with Gasteiger partial charge in [-0.25, -0.2) is 4.79 Å². The summed E-state index contributed by atoms with van der Waals surface area (Å²) >= 11 is 0. The molecule has 2 rings (SSSR count). The zero-order chi connectivity index (χ0) is 15.2. The number of nitrogens with one attached hydrogen (secondary N) is 1. The van der Waals surface area contributed by atoms with Gasteiger partial charge in [0.1, 0.15) is 0 Å². The van der Waals surface area contributed by atoms with Gasteiger partial charge in [0.25, 0.3) is 0 Å². The molecule has 8 nitrogen and oxygen atoms in total. The summed E-state index contributed by atoms with van der Waals surface area (Å²) in [6.07, 6.45) is 3.56. The Morgan fingerprint density at radius 3 is 2.62 bits per heavy atom. The van der Waals surface area contributed by atoms with Crippen molar-refractivity contribution in [2.75, 3.05) is 32.7 Å². The summed E-state index contributed by atoms with van der Waals surface area (Å²) in [5, 5.41) is 15.8. The first-order valence-corrected chi connectivity index (χ1v) is 7.01. The quantitative estimate of drug-likeness (QED) is 0.777. The van der Waals surface area contributed by atoms with Crippen molar-refractivity contribution in [2.45, 2.75) is 19.5 Å². The van der Waals surface area contributed by atoms with E-state index in [4.69, 9.17) is 5.11 Å². The Labute approximate surface area is 123 Å². The van der Waals surface area contributed by atoms with Crippen LogP contribution < -0.4 is 5.32 Å². The summed E-state index contributed by atoms with van der Waals surface area (Å²) in [6, 6.07) is 1.72. The Bertz CT molecular complexity index is 468. The molecule has 0 radical (unpaired) electrons. The van der Waals surface area contributed by atoms with E-state index in [9.17, 15) is 9.59 Å². The van der Waals surface area contributed by atoms with Crippen LogP contribution in [-0.2, 0) is 11.3 Å². The zero-order valence-electron chi connectivity index (χ0n) is 12.1. The molecular weight excluding hydrogens is 274 g/mol. The van der Waals surface area contributed by atoms with Gasteiger partial charge in [-0.15, -0.1) is 0 Å². The molecule has 21 heavy (non-hydrogen) atoms. The first-order chi connectivity index (χ1) is 10.0. The topological polar surface area (TPSA) is 90.7 Å². The Morgan fingerprint density at radius 1 is 1.33 bits per heavy atom. The smallest absolute Gasteiger partial charge is 0.317 e. The van der Waals surface area contributed by atoms with E-state index in [-0.39, 0.29) is 18.6 Å². The minimum Gasteiger partial charge on any atom is -0.480 e. The van der Waals surface area contributed by atoms with Gasteiger partial charge in [-0.1, -0.05) is 0 Å². The fourth-order valence-corrected chi connectivity index (χ4v) is 2.34. The number of urea groups is 1. The number of piperazine rings is 1. The molecule has 0 aliphatic carbocycles. The number of aromatic nitrogens is 2. The van der Waals surface area contributed by atoms with Gasteiger partial charge in [0.15, 0.2) is 0 Å². The van der Waals surface area contributed by atoms with E-state index in [1.54, 1.807) is 15.8 Å². The average Bonchev–Trinajstić information content (AvgIpc) is 2.91. The van der Waals surface area contributed by atoms with Crippen LogP contribution in [0.3, 0.4) is 0 Å². The molecule has 0 bridgehead atoms. The second kappa shape index (κ2) is 7.07. The first-order valence-electron chi connectivity index (χ1n) is 7.01. The molecule has 8 heteroatoms. The number of carboxylic acid groups (broad SMARTS) is 1. The molecule has 0 aromatic carbocycles. The maximum absolute atomic E-state index is 12.1. The molecule has 1 atom stereocenters. The standard InChI is InChI=1S/C13H21N5O3/c1-11(9-18-4-2-3-14-18)15-13(21)17-7-5-16(6-8-17)10-12(19)20/h2-4,11H,5-10H2,1H3,(H,15,21)(H,19,20). The van der Waals surface area contributed by atoms with Crippen molar-refractivity contribution in [1.29, 1.82) is 0 Å². The molecule has 2 N–H and O–H groups in total. The number of carbonyl (C=O) groups excluding carboxylic acids is 1. The number of hydrogen-bond donors (Lipinski definition) is 2. The van der Waals surface area contributed by atoms with Gasteiger partial charge >= 0.3 is 12.0 Å². The summed E-state index contributed by atoms with van der Waals surface area (Å²) in [5.41, 5.74) is 0. The minimum absolute atomic E-state index is 0.0190. The van der Waals surface area contributed by atoms with Crippen LogP contribution >= 0.6 is 0 Å². The minimum atomic E-state index is -0.833. The van der Waals surface area contributed by atoms with Crippen molar-refractivity contribution in [3.63, 3.8) is 0 Å². The van der Waals surface area contributed by atoms with Gasteiger partial charge < -0.3 is 15.3 Å². The summed E-state index contributed by atoms with van der Waals surface area (Å²) in [5.74, 6) is -0.833. The molecule has 1 fully saturated rings. The van der Waals surface area contributed by atoms with Crippen molar-refractivity contribution < 1.29 is 14.7 Å². The van der Waals surface area contributed by atoms with Gasteiger partial charge in [0, 0.05) is 44.6 Å². The largest absolute Gasteiger partial charge is 0.480 e. The lowest BCUT2D eigenvalue weighted by Gasteiger charge is -2.34. The van der Waals surface area contributed by atoms with Crippen molar-refractivity contribution in [3.05, 3.63) is 18.5 Å². The van der Waals surface area contributed by atoms with E-state index >= 15 is 0 Å². The SMILES string of the molecule is CC(Cn1cccn1)NC(=O)N1CCN(CC(=O)O)CC1. The summed E-state index contributed by atoms with van der Waals surface area (Å²) in [7, 11) is 0. The monoisotopic (exact) mass is 295 g/mol. The maximum atomic E-state index is 12.1. The van der Waals surface area contributed by atoms with Crippen molar-refractivity contribution >= 4 is 12.0 Å². The lowest BCUT2D eigenvalue weighted by molar-refractivity contribution is -0.138. The molecule has 1 aliphatic rings. The number of rotatable bonds is 5. The van der Waals surface area contributed by atoms with E-state index < -0.39 is 5.97 Å². The third kappa shape index (κ3) is 4.75. The van der Waals surface area contributed by atoms with Crippen LogP contribution in [0.4, 0.5) is 4.79 Å². The number of carbonyl (C=O) groups is 2. The number of amides is 2. The number of hydrogen-bond acceptors (Lipinski definition) is 4. The molecule has 1 aromatic heterocycles. The highest BCUT2D eigenvalue weighted by Gasteiger charge is 2.23. The fourth-order valence-electron chi connectivity index (χ4n) is 2.34. The van der Waals surface area contributed by atoms with Crippen LogP contribution in [0.5, 0.6) is 0 Å². The molecule has 2 amide bonds. The predicted molar refractivity (Wildman–Crippen MR) is 75.9 cm³/mol. The molecule has 116 valence electrons. The van der Waals surface area contributed by atoms with Gasteiger partial charge in [-0.05, 0) is 13.0 Å². The van der Waals surface area contributed by atoms with Crippen LogP contribution in [0.25, 0.3) is 0 Å². The first kappa shape index (κ1) is 15.3. The van der Waals surface area contributed by atoms with Gasteiger partial charge in [-0.3, -0.25) is 14.4 Å². The van der Waals surface area contributed by atoms with Crippen LogP contribution in [0.2, 0.25) is 0 Å². The molecule has 0 spiro atoms. The van der Waals surface area contributed by atoms with Gasteiger partial charge in [-0.2, -0.15) is 5.10 Å². The second-order valence-corrected chi connectivity index (χ2v) is 5.24. The van der Waals surface area contributed by atoms with Crippen molar-refractivity contribution in [1.82, 2.24) is 24.9 Å². The Hall–Kier alpha value is -2.09. The normalized spacial score (nSPS) is 17.5. The Morgan fingerprint density at radius 2 is 2.05 bits per heavy atom. The van der Waals surface area contributed by atoms with E-state index in [0.717, 1.165) is 0 Å². The van der Waals surface area contributed by atoms with E-state index in [1.807, 2.05) is 24.1 Å². The Kier molecular flexibility index (Phi) is 5.15. The highest BCUT2D eigenvalue weighted by atomic mass is 16.4. The average molecular weight is 295 g/mol. The molecule has 1 unspecified atom stereocenters. The number of nitrogens with zero attached hydrogens (tertiary/aromatic N) is 4. The number of aliphatic carboxylic acids is 1. The predicted octanol–water partition coefficient (Wildman–Crippen LogP) is -0.317. The third-order valence-corrected chi connectivity index (χ3v) is 3.41. The highest BCUT2D eigenvalue weighted by Crippen LogP contribution is 2.02. The summed E-state index contributed by atoms with van der Waals surface area (Å²) in [4.78, 5) is 26.3. The molecular formula is C13H21N5O3. The summed E-state index contributed by atoms with van der Waals surface area (Å²) < 4.78 is 1.77. The molecule has 1 saturated heterocycles. The van der Waals surface area contributed by atoms with Crippen LogP contribution in [0, 0.1) is 0 Å². The molecule has 0 saturated carbocycles. The highest BCUT2D eigenvalue weighted by molar-refractivity contribution is 5.74. The van der Waals surface area contributed by atoms with Crippen LogP contribution in [-0.4, -0.2) is 75.5 Å². The van der Waals surface area contributed by atoms with E-state index in [0.29, 0.717) is 32.7 Å². The third-order valence-electron chi connectivity index (χ3n) is 3.41. The fraction of sp³-hybridized carbons (Fsp3) is 0.615. The van der Waals surface area contributed by atoms with Crippen molar-refractivity contribution in [2.24, 2.45) is 0 Å². The van der Waals surface area contributed by atoms with Crippen molar-refractivity contribution in [3.8, 4) is 0 Å². The van der Waals surface area contributed by atoms with E-state index in [1.165, 1.54) is 0 Å². The lowest BCUT2D eigenvalue weighted by Crippen LogP contribution is -2.54. The van der Waals surface area contributed by atoms with E-state index in [2.05, 4.69) is 10.4 Å². The van der Waals surface area contributed by atoms with Crippen LogP contribution in [0.1, 0.15) is 6.92 Å². The molecule has 1 aliphatic heterocycles. The Balaban J connectivity index is 1.73. The molecule has 1 aromatic rings. The van der Waals surface area contributed by atoms with Gasteiger partial charge in [0.05, 0.1) is 13.1 Å². The lowest BCUT2D eigenvalue weighted by atomic mass is 10.3. The second-order valence-electron chi connectivity index (χ2n) is 5.24. The summed E-state index contributed by atoms with van der Waals surface area (Å²) in [6.45, 7) is 4.87. The maximum Gasteiger partial charge on any atom is 0.317 e. The zero-order valence-corrected chi connectivity index (χ0v) is 12.1. The van der Waals surface area contributed by atoms with Crippen LogP contribution in [0.15, 0.2) is 18.5 Å². The number of carboxylic acids is 1. The molecule has 2 heterocycles.